The van der Waals surface area contributed by atoms with Gasteiger partial charge in [-0.3, -0.25) is 4.79 Å². The average Bonchev–Trinajstić information content (AvgIpc) is 3.39. The van der Waals surface area contributed by atoms with Crippen molar-refractivity contribution in [3.8, 4) is 5.75 Å². The summed E-state index contributed by atoms with van der Waals surface area (Å²) in [5.41, 5.74) is 3.73. The Morgan fingerprint density at radius 1 is 1.09 bits per heavy atom. The van der Waals surface area contributed by atoms with E-state index in [4.69, 9.17) is 9.47 Å². The Kier molecular flexibility index (Phi) is 6.66. The SMILES string of the molecule is CCOC(=O)c1ccc(NC(=O)c2c(N=Cc3ccc(OC)cc3)sc3c2CCC3)cc1. The number of amides is 1. The molecule has 6 nitrogen and oxygen atoms in total. The van der Waals surface area contributed by atoms with Crippen LogP contribution in [0.5, 0.6) is 5.75 Å². The highest BCUT2D eigenvalue weighted by Crippen LogP contribution is 2.41. The third-order valence-electron chi connectivity index (χ3n) is 5.23. The van der Waals surface area contributed by atoms with E-state index in [0.717, 1.165) is 36.1 Å². The van der Waals surface area contributed by atoms with Crippen molar-refractivity contribution in [2.45, 2.75) is 26.2 Å². The number of methoxy groups -OCH3 is 1. The summed E-state index contributed by atoms with van der Waals surface area (Å²) in [7, 11) is 1.63. The van der Waals surface area contributed by atoms with Crippen molar-refractivity contribution in [2.24, 2.45) is 4.99 Å². The molecule has 1 aliphatic rings. The van der Waals surface area contributed by atoms with Crippen LogP contribution in [0.25, 0.3) is 0 Å². The number of fused-ring (bicyclic) bond motifs is 1. The highest BCUT2D eigenvalue weighted by Gasteiger charge is 2.26. The lowest BCUT2D eigenvalue weighted by Crippen LogP contribution is -2.13. The van der Waals surface area contributed by atoms with Gasteiger partial charge in [0.1, 0.15) is 10.8 Å². The number of esters is 1. The highest BCUT2D eigenvalue weighted by atomic mass is 32.1. The fourth-order valence-corrected chi connectivity index (χ4v) is 4.87. The van der Waals surface area contributed by atoms with E-state index < -0.39 is 0 Å². The van der Waals surface area contributed by atoms with E-state index >= 15 is 0 Å². The number of rotatable bonds is 7. The Labute approximate surface area is 190 Å². The van der Waals surface area contributed by atoms with Gasteiger partial charge in [0.25, 0.3) is 5.91 Å². The van der Waals surface area contributed by atoms with Crippen molar-refractivity contribution in [3.63, 3.8) is 0 Å². The van der Waals surface area contributed by atoms with E-state index in [1.807, 2.05) is 24.3 Å². The van der Waals surface area contributed by atoms with E-state index in [2.05, 4.69) is 10.3 Å². The third-order valence-corrected chi connectivity index (χ3v) is 6.43. The molecule has 0 unspecified atom stereocenters. The first-order valence-electron chi connectivity index (χ1n) is 10.5. The van der Waals surface area contributed by atoms with Crippen LogP contribution in [-0.4, -0.2) is 31.8 Å². The second-order valence-electron chi connectivity index (χ2n) is 7.32. The number of anilines is 1. The average molecular weight is 449 g/mol. The molecule has 1 heterocycles. The van der Waals surface area contributed by atoms with Crippen molar-refractivity contribution in [1.29, 1.82) is 0 Å². The molecule has 0 bridgehead atoms. The van der Waals surface area contributed by atoms with Gasteiger partial charge < -0.3 is 14.8 Å². The number of carbonyl (C=O) groups excluding carboxylic acids is 2. The molecule has 2 aromatic carbocycles. The lowest BCUT2D eigenvalue weighted by Gasteiger charge is -2.08. The van der Waals surface area contributed by atoms with Crippen molar-refractivity contribution >= 4 is 40.1 Å². The number of thiophene rings is 1. The maximum absolute atomic E-state index is 13.2. The molecule has 1 aliphatic carbocycles. The second kappa shape index (κ2) is 9.78. The number of benzene rings is 2. The molecule has 0 spiro atoms. The molecule has 7 heteroatoms. The lowest BCUT2D eigenvalue weighted by atomic mass is 10.1. The van der Waals surface area contributed by atoms with Gasteiger partial charge in [-0.05, 0) is 85.8 Å². The Bertz CT molecular complexity index is 1150. The molecule has 0 fully saturated rings. The van der Waals surface area contributed by atoms with Gasteiger partial charge in [0.15, 0.2) is 0 Å². The molecule has 164 valence electrons. The van der Waals surface area contributed by atoms with Crippen LogP contribution in [0.1, 0.15) is 50.1 Å². The zero-order valence-corrected chi connectivity index (χ0v) is 18.8. The first kappa shape index (κ1) is 21.8. The summed E-state index contributed by atoms with van der Waals surface area (Å²) in [6, 6.07) is 14.3. The number of nitrogens with zero attached hydrogens (tertiary/aromatic N) is 1. The van der Waals surface area contributed by atoms with Crippen LogP contribution in [0.2, 0.25) is 0 Å². The number of carbonyl (C=O) groups is 2. The molecular formula is C25H24N2O4S. The Morgan fingerprint density at radius 3 is 2.53 bits per heavy atom. The van der Waals surface area contributed by atoms with E-state index in [9.17, 15) is 9.59 Å². The highest BCUT2D eigenvalue weighted by molar-refractivity contribution is 7.16. The monoisotopic (exact) mass is 448 g/mol. The maximum atomic E-state index is 13.2. The molecular weight excluding hydrogens is 424 g/mol. The van der Waals surface area contributed by atoms with E-state index in [0.29, 0.717) is 28.4 Å². The van der Waals surface area contributed by atoms with E-state index in [1.54, 1.807) is 55.9 Å². The molecule has 3 aromatic rings. The van der Waals surface area contributed by atoms with Crippen LogP contribution in [0.3, 0.4) is 0 Å². The minimum absolute atomic E-state index is 0.185. The number of ether oxygens (including phenoxy) is 2. The molecule has 32 heavy (non-hydrogen) atoms. The number of aryl methyl sites for hydroxylation is 1. The minimum Gasteiger partial charge on any atom is -0.497 e. The zero-order valence-electron chi connectivity index (χ0n) is 18.0. The van der Waals surface area contributed by atoms with Crippen LogP contribution >= 0.6 is 11.3 Å². The second-order valence-corrected chi connectivity index (χ2v) is 8.40. The summed E-state index contributed by atoms with van der Waals surface area (Å²) < 4.78 is 10.2. The normalized spacial score (nSPS) is 12.6. The summed E-state index contributed by atoms with van der Waals surface area (Å²) >= 11 is 1.58. The maximum Gasteiger partial charge on any atom is 0.338 e. The first-order chi connectivity index (χ1) is 15.6. The summed E-state index contributed by atoms with van der Waals surface area (Å²) in [6.45, 7) is 2.08. The van der Waals surface area contributed by atoms with Crippen molar-refractivity contribution in [1.82, 2.24) is 0 Å². The largest absolute Gasteiger partial charge is 0.497 e. The van der Waals surface area contributed by atoms with Gasteiger partial charge in [0.2, 0.25) is 0 Å². The van der Waals surface area contributed by atoms with Gasteiger partial charge in [-0.2, -0.15) is 0 Å². The fraction of sp³-hybridized carbons (Fsp3) is 0.240. The molecule has 4 rings (SSSR count). The molecule has 1 aromatic heterocycles. The number of hydrogen-bond acceptors (Lipinski definition) is 6. The van der Waals surface area contributed by atoms with Crippen LogP contribution in [-0.2, 0) is 17.6 Å². The van der Waals surface area contributed by atoms with Crippen molar-refractivity contribution in [2.75, 3.05) is 19.0 Å². The summed E-state index contributed by atoms with van der Waals surface area (Å²) in [5.74, 6) is 0.220. The van der Waals surface area contributed by atoms with Crippen LogP contribution in [0.15, 0.2) is 53.5 Å². The molecule has 0 saturated heterocycles. The molecule has 0 saturated carbocycles. The summed E-state index contributed by atoms with van der Waals surface area (Å²) in [6.07, 6.45) is 4.69. The number of nitrogens with one attached hydrogen (secondary N) is 1. The minimum atomic E-state index is -0.379. The van der Waals surface area contributed by atoms with Gasteiger partial charge in [0, 0.05) is 16.8 Å². The quantitative estimate of drug-likeness (QED) is 0.386. The molecule has 0 radical (unpaired) electrons. The van der Waals surface area contributed by atoms with Gasteiger partial charge in [-0.25, -0.2) is 9.79 Å². The molecule has 0 aliphatic heterocycles. The van der Waals surface area contributed by atoms with Crippen LogP contribution in [0, 0.1) is 0 Å². The number of aliphatic imine (C=N–C) groups is 1. The van der Waals surface area contributed by atoms with Crippen LogP contribution < -0.4 is 10.1 Å². The van der Waals surface area contributed by atoms with Gasteiger partial charge >= 0.3 is 5.97 Å². The first-order valence-corrected chi connectivity index (χ1v) is 11.3. The van der Waals surface area contributed by atoms with Crippen molar-refractivity contribution < 1.29 is 19.1 Å². The standard InChI is InChI=1S/C25H24N2O4S/c1-3-31-25(29)17-9-11-18(12-10-17)27-23(28)22-20-5-4-6-21(20)32-24(22)26-15-16-7-13-19(30-2)14-8-16/h7-15H,3-6H2,1-2H3,(H,27,28). The molecule has 1 N–H and O–H groups in total. The van der Waals surface area contributed by atoms with Crippen LogP contribution in [0.4, 0.5) is 10.7 Å². The molecule has 0 atom stereocenters. The summed E-state index contributed by atoms with van der Waals surface area (Å²) in [5, 5.41) is 3.67. The predicted molar refractivity (Wildman–Crippen MR) is 127 cm³/mol. The Morgan fingerprint density at radius 2 is 1.84 bits per heavy atom. The molecule has 1 amide bonds. The fourth-order valence-electron chi connectivity index (χ4n) is 3.64. The predicted octanol–water partition coefficient (Wildman–Crippen LogP) is 5.43. The topological polar surface area (TPSA) is 77.0 Å². The zero-order chi connectivity index (χ0) is 22.5. The lowest BCUT2D eigenvalue weighted by molar-refractivity contribution is 0.0526. The van der Waals surface area contributed by atoms with E-state index in [1.165, 1.54) is 4.88 Å². The Balaban J connectivity index is 1.55. The van der Waals surface area contributed by atoms with Gasteiger partial charge in [-0.15, -0.1) is 11.3 Å². The smallest absolute Gasteiger partial charge is 0.338 e. The van der Waals surface area contributed by atoms with Gasteiger partial charge in [0.05, 0.1) is 24.8 Å². The van der Waals surface area contributed by atoms with E-state index in [-0.39, 0.29) is 11.9 Å². The summed E-state index contributed by atoms with van der Waals surface area (Å²) in [4.78, 5) is 30.9. The van der Waals surface area contributed by atoms with Crippen molar-refractivity contribution in [3.05, 3.63) is 75.7 Å². The van der Waals surface area contributed by atoms with Gasteiger partial charge in [-0.1, -0.05) is 0 Å². The Hall–Kier alpha value is -3.45. The number of hydrogen-bond donors (Lipinski definition) is 1. The third kappa shape index (κ3) is 4.73.